The maximum absolute atomic E-state index is 10.7. The van der Waals surface area contributed by atoms with Gasteiger partial charge < -0.3 is 4.90 Å². The monoisotopic (exact) mass is 326 g/mol. The minimum Gasteiger partial charge on any atom is -0.365 e. The average molecular weight is 326 g/mol. The Balaban J connectivity index is 1.89. The molecule has 114 valence electrons. The number of nitrogens with zero attached hydrogens (tertiary/aromatic N) is 2. The summed E-state index contributed by atoms with van der Waals surface area (Å²) in [7, 11) is -3.87. The van der Waals surface area contributed by atoms with Crippen molar-refractivity contribution in [2.75, 3.05) is 24.6 Å². The van der Waals surface area contributed by atoms with Gasteiger partial charge in [0.15, 0.2) is 0 Å². The minimum absolute atomic E-state index is 0.195. The van der Waals surface area contributed by atoms with Gasteiger partial charge in [0, 0.05) is 25.1 Å². The average Bonchev–Trinajstić information content (AvgIpc) is 2.86. The summed E-state index contributed by atoms with van der Waals surface area (Å²) in [6, 6.07) is 9.68. The Morgan fingerprint density at radius 2 is 2.10 bits per heavy atom. The van der Waals surface area contributed by atoms with Crippen LogP contribution in [0.25, 0.3) is 0 Å². The van der Waals surface area contributed by atoms with E-state index in [-0.39, 0.29) is 5.75 Å². The summed E-state index contributed by atoms with van der Waals surface area (Å²) in [6.45, 7) is 1.51. The molecule has 5 nitrogen and oxygen atoms in total. The number of hydrogen-bond donors (Lipinski definition) is 1. The molecule has 1 aromatic carbocycles. The fraction of sp³-hybridized carbons (Fsp3) is 0.357. The molecule has 1 fully saturated rings. The Hall–Kier alpha value is -1.31. The lowest BCUT2D eigenvalue weighted by atomic mass is 10.3. The quantitative estimate of drug-likeness (QED) is 0.642. The lowest BCUT2D eigenvalue weighted by Crippen LogP contribution is -2.21. The van der Waals surface area contributed by atoms with E-state index >= 15 is 0 Å². The van der Waals surface area contributed by atoms with Crippen LogP contribution < -0.4 is 0 Å². The van der Waals surface area contributed by atoms with Crippen LogP contribution in [0.1, 0.15) is 6.42 Å². The molecule has 7 heteroatoms. The molecule has 0 aliphatic carbocycles. The Morgan fingerprint density at radius 3 is 2.81 bits per heavy atom. The van der Waals surface area contributed by atoms with Gasteiger partial charge in [-0.25, -0.2) is 0 Å². The zero-order chi connectivity index (χ0) is 15.1. The van der Waals surface area contributed by atoms with Crippen molar-refractivity contribution in [3.05, 3.63) is 41.4 Å². The fourth-order valence-electron chi connectivity index (χ4n) is 1.98. The van der Waals surface area contributed by atoms with Crippen molar-refractivity contribution in [1.29, 1.82) is 0 Å². The first kappa shape index (κ1) is 16.1. The first-order valence-corrected chi connectivity index (χ1v) is 9.26. The van der Waals surface area contributed by atoms with Gasteiger partial charge in [0.25, 0.3) is 10.1 Å². The summed E-state index contributed by atoms with van der Waals surface area (Å²) in [5, 5.41) is 1.09. The smallest absolute Gasteiger partial charge is 0.264 e. The van der Waals surface area contributed by atoms with E-state index in [4.69, 9.17) is 4.55 Å². The zero-order valence-electron chi connectivity index (χ0n) is 11.6. The highest BCUT2D eigenvalue weighted by atomic mass is 32.2. The molecule has 1 saturated heterocycles. The molecule has 1 aliphatic rings. The van der Waals surface area contributed by atoms with E-state index in [1.54, 1.807) is 18.0 Å². The molecule has 0 bridgehead atoms. The van der Waals surface area contributed by atoms with E-state index in [1.165, 1.54) is 0 Å². The molecule has 0 aromatic heterocycles. The van der Waals surface area contributed by atoms with Gasteiger partial charge in [-0.3, -0.25) is 9.55 Å². The largest absolute Gasteiger partial charge is 0.365 e. The molecule has 1 N–H and O–H groups in total. The molecule has 21 heavy (non-hydrogen) atoms. The Kier molecular flexibility index (Phi) is 5.84. The number of allylic oxidation sites excluding steroid dienone is 1. The van der Waals surface area contributed by atoms with Gasteiger partial charge in [0.1, 0.15) is 0 Å². The van der Waals surface area contributed by atoms with Crippen LogP contribution >= 0.6 is 11.8 Å². The summed E-state index contributed by atoms with van der Waals surface area (Å²) in [6.07, 6.45) is 4.13. The molecule has 0 amide bonds. The molecule has 1 heterocycles. The van der Waals surface area contributed by atoms with Crippen molar-refractivity contribution >= 4 is 33.8 Å². The third-order valence-electron chi connectivity index (χ3n) is 2.95. The van der Waals surface area contributed by atoms with Crippen molar-refractivity contribution < 1.29 is 13.0 Å². The SMILES string of the molecule is O=S(=O)(O)CCCN1CCS/C1=C\C=Nc1ccccc1. The van der Waals surface area contributed by atoms with Crippen molar-refractivity contribution in [3.8, 4) is 0 Å². The van der Waals surface area contributed by atoms with Gasteiger partial charge in [-0.15, -0.1) is 11.8 Å². The second-order valence-corrected chi connectivity index (χ2v) is 7.28. The zero-order valence-corrected chi connectivity index (χ0v) is 13.2. The third kappa shape index (κ3) is 5.91. The van der Waals surface area contributed by atoms with Crippen molar-refractivity contribution in [2.24, 2.45) is 4.99 Å². The van der Waals surface area contributed by atoms with Crippen LogP contribution in [0.2, 0.25) is 0 Å². The highest BCUT2D eigenvalue weighted by molar-refractivity contribution is 8.03. The van der Waals surface area contributed by atoms with Gasteiger partial charge in [0.05, 0.1) is 16.5 Å². The molecular weight excluding hydrogens is 308 g/mol. The van der Waals surface area contributed by atoms with Crippen molar-refractivity contribution in [2.45, 2.75) is 6.42 Å². The second kappa shape index (κ2) is 7.63. The predicted octanol–water partition coefficient (Wildman–Crippen LogP) is 2.56. The Morgan fingerprint density at radius 1 is 1.33 bits per heavy atom. The van der Waals surface area contributed by atoms with E-state index in [0.29, 0.717) is 13.0 Å². The molecular formula is C14H18N2O3S2. The maximum Gasteiger partial charge on any atom is 0.264 e. The lowest BCUT2D eigenvalue weighted by Gasteiger charge is -2.17. The van der Waals surface area contributed by atoms with Crippen LogP contribution in [-0.2, 0) is 10.1 Å². The first-order valence-electron chi connectivity index (χ1n) is 6.67. The predicted molar refractivity (Wildman–Crippen MR) is 87.7 cm³/mol. The highest BCUT2D eigenvalue weighted by Crippen LogP contribution is 2.27. The van der Waals surface area contributed by atoms with Gasteiger partial charge in [-0.05, 0) is 24.6 Å². The summed E-state index contributed by atoms with van der Waals surface area (Å²) in [5.74, 6) is 0.788. The van der Waals surface area contributed by atoms with Gasteiger partial charge in [0.2, 0.25) is 0 Å². The van der Waals surface area contributed by atoms with Crippen LogP contribution in [0, 0.1) is 0 Å². The number of hydrogen-bond acceptors (Lipinski definition) is 5. The van der Waals surface area contributed by atoms with Crippen molar-refractivity contribution in [3.63, 3.8) is 0 Å². The second-order valence-electron chi connectivity index (χ2n) is 4.59. The molecule has 1 aliphatic heterocycles. The number of para-hydroxylation sites is 1. The van der Waals surface area contributed by atoms with Gasteiger partial charge >= 0.3 is 0 Å². The molecule has 0 saturated carbocycles. The minimum atomic E-state index is -3.87. The fourth-order valence-corrected chi connectivity index (χ4v) is 3.51. The Labute approximate surface area is 129 Å². The van der Waals surface area contributed by atoms with E-state index in [2.05, 4.69) is 9.89 Å². The van der Waals surface area contributed by atoms with E-state index in [1.807, 2.05) is 36.4 Å². The number of rotatable bonds is 6. The summed E-state index contributed by atoms with van der Waals surface area (Å²) >= 11 is 1.73. The van der Waals surface area contributed by atoms with Crippen LogP contribution in [0.15, 0.2) is 46.4 Å². The van der Waals surface area contributed by atoms with E-state index in [9.17, 15) is 8.42 Å². The topological polar surface area (TPSA) is 70.0 Å². The van der Waals surface area contributed by atoms with Gasteiger partial charge in [-0.1, -0.05) is 18.2 Å². The molecule has 2 rings (SSSR count). The molecule has 1 aromatic rings. The van der Waals surface area contributed by atoms with E-state index < -0.39 is 10.1 Å². The van der Waals surface area contributed by atoms with Crippen LogP contribution in [-0.4, -0.2) is 48.7 Å². The normalized spacial score (nSPS) is 18.0. The molecule has 0 spiro atoms. The molecule has 0 unspecified atom stereocenters. The maximum atomic E-state index is 10.7. The summed E-state index contributed by atoms with van der Waals surface area (Å²) in [4.78, 5) is 6.46. The third-order valence-corrected chi connectivity index (χ3v) is 4.83. The van der Waals surface area contributed by atoms with E-state index in [0.717, 1.165) is 23.0 Å². The van der Waals surface area contributed by atoms with Crippen molar-refractivity contribution in [1.82, 2.24) is 4.90 Å². The molecule has 0 radical (unpaired) electrons. The highest BCUT2D eigenvalue weighted by Gasteiger charge is 2.17. The van der Waals surface area contributed by atoms with Crippen LogP contribution in [0.3, 0.4) is 0 Å². The summed E-state index contributed by atoms with van der Waals surface area (Å²) < 4.78 is 30.2. The number of benzene rings is 1. The Bertz CT molecular complexity index is 612. The molecule has 0 atom stereocenters. The van der Waals surface area contributed by atoms with Gasteiger partial charge in [-0.2, -0.15) is 8.42 Å². The first-order chi connectivity index (χ1) is 10.0. The number of thioether (sulfide) groups is 1. The van der Waals surface area contributed by atoms with Crippen LogP contribution in [0.5, 0.6) is 0 Å². The lowest BCUT2D eigenvalue weighted by molar-refractivity contribution is 0.398. The van der Waals surface area contributed by atoms with Crippen LogP contribution in [0.4, 0.5) is 5.69 Å². The summed E-state index contributed by atoms with van der Waals surface area (Å²) in [5.41, 5.74) is 0.898. The number of aliphatic imine (C=N–C) groups is 1. The standard InChI is InChI=1S/C14H18N2O3S2/c17-21(18,19)12-4-9-16-10-11-20-14(16)7-8-15-13-5-2-1-3-6-13/h1-3,5-8H,4,9-12H2,(H,17,18,19)/b14-7-,15-8?.